The van der Waals surface area contributed by atoms with Gasteiger partial charge in [0, 0.05) is 17.4 Å². The summed E-state index contributed by atoms with van der Waals surface area (Å²) in [5, 5.41) is 0.823. The highest BCUT2D eigenvalue weighted by Crippen LogP contribution is 2.37. The highest BCUT2D eigenvalue weighted by Gasteiger charge is 2.26. The fourth-order valence-electron chi connectivity index (χ4n) is 2.20. The second-order valence-electron chi connectivity index (χ2n) is 4.05. The minimum absolute atomic E-state index is 0.592. The molecule has 1 fully saturated rings. The van der Waals surface area contributed by atoms with Crippen molar-refractivity contribution in [3.8, 4) is 0 Å². The molecule has 1 saturated carbocycles. The number of alkyl halides is 1. The Kier molecular flexibility index (Phi) is 3.16. The molecule has 2 nitrogen and oxygen atoms in total. The van der Waals surface area contributed by atoms with Gasteiger partial charge in [-0.2, -0.15) is 0 Å². The Balaban J connectivity index is 2.22. The molecule has 0 amide bonds. The van der Waals surface area contributed by atoms with Crippen LogP contribution in [0, 0.1) is 5.92 Å². The van der Waals surface area contributed by atoms with Crippen molar-refractivity contribution >= 4 is 15.9 Å². The Hall–Kier alpha value is -0.440. The fourth-order valence-corrected chi connectivity index (χ4v) is 2.51. The Bertz CT molecular complexity index is 314. The molecule has 76 valence electrons. The summed E-state index contributed by atoms with van der Waals surface area (Å²) in [6, 6.07) is 1.97. The van der Waals surface area contributed by atoms with E-state index in [0.29, 0.717) is 5.92 Å². The van der Waals surface area contributed by atoms with Gasteiger partial charge >= 0.3 is 0 Å². The van der Waals surface area contributed by atoms with Gasteiger partial charge < -0.3 is 0 Å². The van der Waals surface area contributed by atoms with Crippen LogP contribution in [0.1, 0.15) is 43.6 Å². The second-order valence-corrected chi connectivity index (χ2v) is 4.62. The lowest BCUT2D eigenvalue weighted by molar-refractivity contribution is 0.508. The van der Waals surface area contributed by atoms with Crippen molar-refractivity contribution in [2.45, 2.75) is 37.4 Å². The van der Waals surface area contributed by atoms with Crippen molar-refractivity contribution < 1.29 is 0 Å². The highest BCUT2D eigenvalue weighted by molar-refractivity contribution is 9.08. The summed E-state index contributed by atoms with van der Waals surface area (Å²) < 4.78 is 0. The first-order chi connectivity index (χ1) is 6.81. The zero-order chi connectivity index (χ0) is 9.97. The van der Waals surface area contributed by atoms with Crippen molar-refractivity contribution in [2.75, 3.05) is 0 Å². The van der Waals surface area contributed by atoms with Crippen LogP contribution in [-0.2, 0) is 5.33 Å². The summed E-state index contributed by atoms with van der Waals surface area (Å²) in [5.41, 5.74) is 1.09. The van der Waals surface area contributed by atoms with Crippen LogP contribution in [0.4, 0.5) is 0 Å². The van der Waals surface area contributed by atoms with Gasteiger partial charge in [-0.1, -0.05) is 29.3 Å². The summed E-state index contributed by atoms with van der Waals surface area (Å²) in [4.78, 5) is 8.95. The lowest BCUT2D eigenvalue weighted by Crippen LogP contribution is -2.07. The molecule has 0 aliphatic heterocycles. The summed E-state index contributed by atoms with van der Waals surface area (Å²) in [5.74, 6) is 2.39. The minimum atomic E-state index is 0.592. The van der Waals surface area contributed by atoms with Gasteiger partial charge in [0.15, 0.2) is 0 Å². The molecule has 14 heavy (non-hydrogen) atoms. The van der Waals surface area contributed by atoms with Gasteiger partial charge in [0.2, 0.25) is 0 Å². The van der Waals surface area contributed by atoms with Crippen LogP contribution < -0.4 is 0 Å². The predicted octanol–water partition coefficient (Wildman–Crippen LogP) is 3.28. The highest BCUT2D eigenvalue weighted by atomic mass is 79.9. The van der Waals surface area contributed by atoms with Crippen LogP contribution in [0.3, 0.4) is 0 Å². The Morgan fingerprint density at radius 3 is 3.00 bits per heavy atom. The van der Waals surface area contributed by atoms with E-state index in [4.69, 9.17) is 0 Å². The molecular formula is C11H15BrN2. The van der Waals surface area contributed by atoms with E-state index in [9.17, 15) is 0 Å². The maximum atomic E-state index is 4.57. The molecule has 0 saturated heterocycles. The van der Waals surface area contributed by atoms with E-state index < -0.39 is 0 Å². The summed E-state index contributed by atoms with van der Waals surface area (Å²) in [6.45, 7) is 2.31. The largest absolute Gasteiger partial charge is 0.241 e. The molecule has 1 aromatic heterocycles. The number of hydrogen-bond acceptors (Lipinski definition) is 2. The Morgan fingerprint density at radius 2 is 2.36 bits per heavy atom. The maximum Gasteiger partial charge on any atom is 0.131 e. The smallest absolute Gasteiger partial charge is 0.131 e. The molecule has 1 aliphatic carbocycles. The molecule has 1 aliphatic rings. The van der Waals surface area contributed by atoms with Gasteiger partial charge in [-0.25, -0.2) is 9.97 Å². The molecule has 1 aromatic rings. The van der Waals surface area contributed by atoms with Crippen LogP contribution >= 0.6 is 15.9 Å². The fraction of sp³-hybridized carbons (Fsp3) is 0.636. The monoisotopic (exact) mass is 254 g/mol. The van der Waals surface area contributed by atoms with Crippen molar-refractivity contribution in [3.05, 3.63) is 23.8 Å². The molecule has 0 N–H and O–H groups in total. The van der Waals surface area contributed by atoms with E-state index in [1.807, 2.05) is 12.3 Å². The number of halogens is 1. The third-order valence-corrected chi connectivity index (χ3v) is 3.64. The molecule has 0 spiro atoms. The van der Waals surface area contributed by atoms with Gasteiger partial charge in [0.25, 0.3) is 0 Å². The average molecular weight is 255 g/mol. The van der Waals surface area contributed by atoms with E-state index in [1.165, 1.54) is 19.3 Å². The lowest BCUT2D eigenvalue weighted by Gasteiger charge is -2.13. The predicted molar refractivity (Wildman–Crippen MR) is 60.4 cm³/mol. The first-order valence-electron chi connectivity index (χ1n) is 5.19. The lowest BCUT2D eigenvalue weighted by atomic mass is 9.97. The van der Waals surface area contributed by atoms with Crippen molar-refractivity contribution in [2.24, 2.45) is 5.92 Å². The van der Waals surface area contributed by atoms with Crippen LogP contribution in [0.5, 0.6) is 0 Å². The first-order valence-corrected chi connectivity index (χ1v) is 6.31. The van der Waals surface area contributed by atoms with Crippen LogP contribution in [0.25, 0.3) is 0 Å². The summed E-state index contributed by atoms with van der Waals surface area (Å²) >= 11 is 3.43. The van der Waals surface area contributed by atoms with Gasteiger partial charge in [-0.3, -0.25) is 0 Å². The van der Waals surface area contributed by atoms with Crippen LogP contribution in [0.15, 0.2) is 12.3 Å². The summed E-state index contributed by atoms with van der Waals surface area (Å²) in [6.07, 6.45) is 5.79. The Morgan fingerprint density at radius 1 is 1.50 bits per heavy atom. The van der Waals surface area contributed by atoms with E-state index in [-0.39, 0.29) is 0 Å². The van der Waals surface area contributed by atoms with Crippen molar-refractivity contribution in [3.63, 3.8) is 0 Å². The molecule has 3 heteroatoms. The molecule has 0 radical (unpaired) electrons. The molecule has 0 aromatic carbocycles. The number of aromatic nitrogens is 2. The van der Waals surface area contributed by atoms with E-state index in [2.05, 4.69) is 32.8 Å². The zero-order valence-corrected chi connectivity index (χ0v) is 10.00. The maximum absolute atomic E-state index is 4.57. The zero-order valence-electron chi connectivity index (χ0n) is 8.41. The standard InChI is InChI=1S/C11H15BrN2/c1-8-3-2-4-10(8)11-13-6-5-9(7-12)14-11/h5-6,8,10H,2-4,7H2,1H3. The number of nitrogens with zero attached hydrogens (tertiary/aromatic N) is 2. The van der Waals surface area contributed by atoms with E-state index >= 15 is 0 Å². The van der Waals surface area contributed by atoms with Crippen molar-refractivity contribution in [1.29, 1.82) is 0 Å². The number of hydrogen-bond donors (Lipinski definition) is 0. The molecule has 1 heterocycles. The first kappa shape index (κ1) is 10.1. The third-order valence-electron chi connectivity index (χ3n) is 3.06. The molecule has 2 atom stereocenters. The Labute approximate surface area is 93.3 Å². The van der Waals surface area contributed by atoms with Crippen LogP contribution in [-0.4, -0.2) is 9.97 Å². The normalized spacial score (nSPS) is 26.7. The SMILES string of the molecule is CC1CCCC1c1nccc(CBr)n1. The van der Waals surface area contributed by atoms with Crippen LogP contribution in [0.2, 0.25) is 0 Å². The molecular weight excluding hydrogens is 240 g/mol. The van der Waals surface area contributed by atoms with E-state index in [0.717, 1.165) is 22.8 Å². The summed E-state index contributed by atoms with van der Waals surface area (Å²) in [7, 11) is 0. The molecule has 2 unspecified atom stereocenters. The number of rotatable bonds is 2. The van der Waals surface area contributed by atoms with Gasteiger partial charge in [0.1, 0.15) is 5.82 Å². The van der Waals surface area contributed by atoms with Gasteiger partial charge in [-0.15, -0.1) is 0 Å². The van der Waals surface area contributed by atoms with Crippen molar-refractivity contribution in [1.82, 2.24) is 9.97 Å². The topological polar surface area (TPSA) is 25.8 Å². The molecule has 2 rings (SSSR count). The van der Waals surface area contributed by atoms with Gasteiger partial charge in [-0.05, 0) is 24.8 Å². The average Bonchev–Trinajstić information content (AvgIpc) is 2.65. The minimum Gasteiger partial charge on any atom is -0.241 e. The molecule has 0 bridgehead atoms. The second kappa shape index (κ2) is 4.39. The quantitative estimate of drug-likeness (QED) is 0.758. The third kappa shape index (κ3) is 1.97. The van der Waals surface area contributed by atoms with E-state index in [1.54, 1.807) is 0 Å². The van der Waals surface area contributed by atoms with Gasteiger partial charge in [0.05, 0.1) is 5.69 Å².